The highest BCUT2D eigenvalue weighted by atomic mass is 32.2. The fourth-order valence-corrected chi connectivity index (χ4v) is 2.51. The van der Waals surface area contributed by atoms with Crippen molar-refractivity contribution in [1.29, 1.82) is 0 Å². The van der Waals surface area contributed by atoms with Gasteiger partial charge in [-0.1, -0.05) is 0 Å². The number of sulfonamides is 1. The van der Waals surface area contributed by atoms with Crippen molar-refractivity contribution < 1.29 is 13.5 Å². The molecule has 1 fully saturated rings. The van der Waals surface area contributed by atoms with Gasteiger partial charge >= 0.3 is 0 Å². The van der Waals surface area contributed by atoms with E-state index < -0.39 is 10.0 Å². The molecule has 0 aliphatic heterocycles. The number of nitrogens with one attached hydrogen (secondary N) is 2. The van der Waals surface area contributed by atoms with E-state index >= 15 is 0 Å². The first-order valence-electron chi connectivity index (χ1n) is 6.34. The lowest BCUT2D eigenvalue weighted by molar-refractivity contribution is 0.0732. The van der Waals surface area contributed by atoms with Crippen LogP contribution >= 0.6 is 0 Å². The van der Waals surface area contributed by atoms with Crippen molar-refractivity contribution in [3.63, 3.8) is 0 Å². The number of rotatable bonds is 6. The summed E-state index contributed by atoms with van der Waals surface area (Å²) in [6, 6.07) is 1.79. The van der Waals surface area contributed by atoms with Crippen molar-refractivity contribution in [2.45, 2.75) is 24.9 Å². The van der Waals surface area contributed by atoms with Gasteiger partial charge < -0.3 is 16.2 Å². The van der Waals surface area contributed by atoms with E-state index in [1.807, 2.05) is 0 Å². The summed E-state index contributed by atoms with van der Waals surface area (Å²) in [7, 11) is -3.18. The predicted molar refractivity (Wildman–Crippen MR) is 75.8 cm³/mol. The van der Waals surface area contributed by atoms with Gasteiger partial charge in [-0.3, -0.25) is 0 Å². The lowest BCUT2D eigenvalue weighted by atomic mass is 9.80. The Balaban J connectivity index is 1.91. The van der Waals surface area contributed by atoms with Gasteiger partial charge in [0.05, 0.1) is 18.1 Å². The van der Waals surface area contributed by atoms with Gasteiger partial charge in [0.2, 0.25) is 16.0 Å². The molecule has 1 aromatic rings. The molecule has 0 aromatic carbocycles. The first-order chi connectivity index (χ1) is 9.33. The Morgan fingerprint density at radius 3 is 2.70 bits per heavy atom. The summed E-state index contributed by atoms with van der Waals surface area (Å²) in [6.07, 6.45) is 2.22. The fourth-order valence-electron chi connectivity index (χ4n) is 2.04. The van der Waals surface area contributed by atoms with Crippen LogP contribution in [-0.2, 0) is 10.0 Å². The van der Waals surface area contributed by atoms with E-state index in [9.17, 15) is 13.5 Å². The number of aromatic nitrogens is 2. The van der Waals surface area contributed by atoms with Crippen LogP contribution in [0.4, 0.5) is 11.8 Å². The average Bonchev–Trinajstić information content (AvgIpc) is 2.29. The number of anilines is 2. The lowest BCUT2D eigenvalue weighted by Gasteiger charge is -2.30. The molecule has 1 aliphatic rings. The zero-order valence-electron chi connectivity index (χ0n) is 11.2. The number of aliphatic hydroxyl groups is 1. The second-order valence-corrected chi connectivity index (χ2v) is 6.78. The Labute approximate surface area is 117 Å². The summed E-state index contributed by atoms with van der Waals surface area (Å²) in [5.41, 5.74) is 6.45. The number of nitrogens with zero attached hydrogens (tertiary/aromatic N) is 2. The molecule has 9 heteroatoms. The molecule has 0 saturated heterocycles. The summed E-state index contributed by atoms with van der Waals surface area (Å²) in [6.45, 7) is 0.663. The zero-order chi connectivity index (χ0) is 14.8. The van der Waals surface area contributed by atoms with Crippen LogP contribution in [0.2, 0.25) is 0 Å². The topological polar surface area (TPSA) is 130 Å². The maximum atomic E-state index is 10.9. The Morgan fingerprint density at radius 2 is 2.10 bits per heavy atom. The van der Waals surface area contributed by atoms with E-state index in [1.54, 1.807) is 6.07 Å². The Morgan fingerprint density at radius 1 is 1.40 bits per heavy atom. The van der Waals surface area contributed by atoms with Gasteiger partial charge in [0.1, 0.15) is 5.82 Å². The van der Waals surface area contributed by atoms with E-state index in [0.29, 0.717) is 25.2 Å². The highest BCUT2D eigenvalue weighted by molar-refractivity contribution is 7.88. The Bertz CT molecular complexity index is 571. The minimum atomic E-state index is -3.18. The molecular formula is C11H19N5O3S. The van der Waals surface area contributed by atoms with Gasteiger partial charge in [-0.05, 0) is 12.8 Å². The van der Waals surface area contributed by atoms with Crippen molar-refractivity contribution in [3.8, 4) is 0 Å². The Kier molecular flexibility index (Phi) is 4.41. The molecule has 0 bridgehead atoms. The number of nitrogen functional groups attached to an aromatic ring is 1. The van der Waals surface area contributed by atoms with Crippen LogP contribution in [0.25, 0.3) is 0 Å². The zero-order valence-corrected chi connectivity index (χ0v) is 12.0. The normalized spacial score (nSPS) is 22.3. The second-order valence-electron chi connectivity index (χ2n) is 4.95. The third kappa shape index (κ3) is 4.29. The summed E-state index contributed by atoms with van der Waals surface area (Å²) in [5, 5.41) is 12.3. The number of nitrogens with two attached hydrogens (primary N) is 1. The van der Waals surface area contributed by atoms with Gasteiger partial charge in [-0.15, -0.1) is 0 Å². The second kappa shape index (κ2) is 5.90. The minimum absolute atomic E-state index is 0.169. The number of hydrogen-bond acceptors (Lipinski definition) is 7. The van der Waals surface area contributed by atoms with Crippen LogP contribution in [0.1, 0.15) is 24.5 Å². The smallest absolute Gasteiger partial charge is 0.222 e. The van der Waals surface area contributed by atoms with Crippen molar-refractivity contribution in [2.24, 2.45) is 0 Å². The quantitative estimate of drug-likeness (QED) is 0.509. The van der Waals surface area contributed by atoms with E-state index in [0.717, 1.165) is 11.9 Å². The standard InChI is InChI=1S/C11H19N5O3S/c1-20(18,19)14-3-2-13-10-6-9(15-11(12)16-10)7-4-8(17)5-7/h6-8,14,17H,2-5H2,1H3,(H3,12,13,15,16). The Hall–Kier alpha value is -1.45. The monoisotopic (exact) mass is 301 g/mol. The SMILES string of the molecule is CS(=O)(=O)NCCNc1cc(C2CC(O)C2)nc(N)n1. The minimum Gasteiger partial charge on any atom is -0.393 e. The molecule has 0 amide bonds. The van der Waals surface area contributed by atoms with Crippen molar-refractivity contribution in [3.05, 3.63) is 11.8 Å². The molecule has 0 unspecified atom stereocenters. The average molecular weight is 301 g/mol. The highest BCUT2D eigenvalue weighted by Gasteiger charge is 2.30. The van der Waals surface area contributed by atoms with Crippen molar-refractivity contribution >= 4 is 21.8 Å². The van der Waals surface area contributed by atoms with Gasteiger partial charge in [0.15, 0.2) is 0 Å². The van der Waals surface area contributed by atoms with Crippen LogP contribution in [0.15, 0.2) is 6.07 Å². The van der Waals surface area contributed by atoms with Gasteiger partial charge in [-0.25, -0.2) is 18.1 Å². The molecule has 1 saturated carbocycles. The van der Waals surface area contributed by atoms with E-state index in [-0.39, 0.29) is 24.5 Å². The molecule has 1 aromatic heterocycles. The molecule has 1 heterocycles. The van der Waals surface area contributed by atoms with Crippen LogP contribution in [0.3, 0.4) is 0 Å². The molecule has 1 aliphatic carbocycles. The third-order valence-electron chi connectivity index (χ3n) is 3.09. The van der Waals surface area contributed by atoms with Crippen LogP contribution in [0.5, 0.6) is 0 Å². The molecule has 0 radical (unpaired) electrons. The summed E-state index contributed by atoms with van der Waals surface area (Å²) >= 11 is 0. The molecule has 112 valence electrons. The fraction of sp³-hybridized carbons (Fsp3) is 0.636. The van der Waals surface area contributed by atoms with Crippen molar-refractivity contribution in [2.75, 3.05) is 30.4 Å². The van der Waals surface area contributed by atoms with Crippen LogP contribution in [0, 0.1) is 0 Å². The molecule has 20 heavy (non-hydrogen) atoms. The maximum Gasteiger partial charge on any atom is 0.222 e. The molecule has 0 atom stereocenters. The molecular weight excluding hydrogens is 282 g/mol. The van der Waals surface area contributed by atoms with Crippen molar-refractivity contribution in [1.82, 2.24) is 14.7 Å². The molecule has 8 nitrogen and oxygen atoms in total. The van der Waals surface area contributed by atoms with Crippen LogP contribution in [-0.4, -0.2) is 48.9 Å². The lowest BCUT2D eigenvalue weighted by Crippen LogP contribution is -2.29. The molecule has 5 N–H and O–H groups in total. The first-order valence-corrected chi connectivity index (χ1v) is 8.23. The highest BCUT2D eigenvalue weighted by Crippen LogP contribution is 2.36. The summed E-state index contributed by atoms with van der Waals surface area (Å²) in [4.78, 5) is 8.21. The predicted octanol–water partition coefficient (Wildman–Crippen LogP) is -0.742. The van der Waals surface area contributed by atoms with E-state index in [1.165, 1.54) is 0 Å². The first kappa shape index (κ1) is 14.9. The van der Waals surface area contributed by atoms with E-state index in [4.69, 9.17) is 5.73 Å². The van der Waals surface area contributed by atoms with Gasteiger partial charge in [0, 0.05) is 25.1 Å². The maximum absolute atomic E-state index is 10.9. The van der Waals surface area contributed by atoms with Gasteiger partial charge in [-0.2, -0.15) is 4.98 Å². The molecule has 2 rings (SSSR count). The van der Waals surface area contributed by atoms with Gasteiger partial charge in [0.25, 0.3) is 0 Å². The third-order valence-corrected chi connectivity index (χ3v) is 3.82. The van der Waals surface area contributed by atoms with E-state index in [2.05, 4.69) is 20.0 Å². The largest absolute Gasteiger partial charge is 0.393 e. The molecule has 0 spiro atoms. The van der Waals surface area contributed by atoms with Crippen LogP contribution < -0.4 is 15.8 Å². The number of aliphatic hydroxyl groups excluding tert-OH is 1. The number of hydrogen-bond donors (Lipinski definition) is 4. The summed E-state index contributed by atoms with van der Waals surface area (Å²) < 4.78 is 24.2. The summed E-state index contributed by atoms with van der Waals surface area (Å²) in [5.74, 6) is 0.941.